The van der Waals surface area contributed by atoms with Gasteiger partial charge in [-0.1, -0.05) is 66.7 Å². The van der Waals surface area contributed by atoms with E-state index in [2.05, 4.69) is 20.5 Å². The van der Waals surface area contributed by atoms with Crippen LogP contribution in [-0.4, -0.2) is 34.2 Å². The summed E-state index contributed by atoms with van der Waals surface area (Å²) in [6, 6.07) is 28.3. The van der Waals surface area contributed by atoms with Crippen molar-refractivity contribution in [2.45, 2.75) is 19.6 Å². The first kappa shape index (κ1) is 35.2. The van der Waals surface area contributed by atoms with Gasteiger partial charge in [-0.15, -0.1) is 23.7 Å². The molecule has 2 aromatic heterocycles. The number of aromatic nitrogens is 2. The van der Waals surface area contributed by atoms with Crippen LogP contribution in [0.2, 0.25) is 0 Å². The number of thiophene rings is 1. The molecule has 0 aliphatic carbocycles. The Balaban J connectivity index is 0.00000468. The van der Waals surface area contributed by atoms with Gasteiger partial charge in [-0.25, -0.2) is 28.4 Å². The maximum Gasteiger partial charge on any atom is 0.343 e. The highest BCUT2D eigenvalue weighted by molar-refractivity contribution is 7.22. The third kappa shape index (κ3) is 7.47. The van der Waals surface area contributed by atoms with Gasteiger partial charge >= 0.3 is 11.7 Å². The molecule has 0 unspecified atom stereocenters. The number of benzene rings is 4. The van der Waals surface area contributed by atoms with Crippen molar-refractivity contribution in [2.24, 2.45) is 0 Å². The zero-order valence-electron chi connectivity index (χ0n) is 26.5. The molecule has 9 nitrogen and oxygen atoms in total. The molecule has 6 rings (SSSR count). The molecule has 2 amide bonds. The molecular weight excluding hydrogens is 672 g/mol. The molecule has 4 aromatic carbocycles. The van der Waals surface area contributed by atoms with Gasteiger partial charge in [0.2, 0.25) is 0 Å². The number of halogens is 3. The minimum atomic E-state index is -0.798. The molecule has 2 N–H and O–H groups in total. The first-order chi connectivity index (χ1) is 23.2. The Kier molecular flexibility index (Phi) is 11.0. The van der Waals surface area contributed by atoms with Crippen LogP contribution < -0.4 is 22.0 Å². The Morgan fingerprint density at radius 1 is 0.837 bits per heavy atom. The number of carbonyl (C=O) groups is 1. The minimum Gasteiger partial charge on any atom is -0.306 e. The lowest BCUT2D eigenvalue weighted by molar-refractivity contribution is 0.114. The van der Waals surface area contributed by atoms with Crippen LogP contribution >= 0.6 is 23.7 Å². The average Bonchev–Trinajstić information content (AvgIpc) is 3.44. The Morgan fingerprint density at radius 3 is 2.10 bits per heavy atom. The van der Waals surface area contributed by atoms with E-state index < -0.39 is 35.5 Å². The van der Waals surface area contributed by atoms with Gasteiger partial charge in [-0.3, -0.25) is 19.1 Å². The first-order valence-electron chi connectivity index (χ1n) is 15.0. The van der Waals surface area contributed by atoms with E-state index in [1.807, 2.05) is 37.4 Å². The van der Waals surface area contributed by atoms with E-state index in [1.54, 1.807) is 54.6 Å². The summed E-state index contributed by atoms with van der Waals surface area (Å²) in [7, 11) is 3.26. The van der Waals surface area contributed by atoms with Gasteiger partial charge in [-0.2, -0.15) is 0 Å². The molecular formula is C36H32ClF2N5O4S. The fraction of sp³-hybridized carbons (Fsp3) is 0.139. The van der Waals surface area contributed by atoms with Crippen molar-refractivity contribution in [3.63, 3.8) is 0 Å². The van der Waals surface area contributed by atoms with Crippen molar-refractivity contribution in [1.29, 1.82) is 0 Å². The number of urea groups is 1. The number of hydroxylamine groups is 1. The van der Waals surface area contributed by atoms with Crippen LogP contribution in [0.25, 0.3) is 26.3 Å². The summed E-state index contributed by atoms with van der Waals surface area (Å²) in [6.07, 6.45) is 0. The van der Waals surface area contributed by atoms with Gasteiger partial charge in [0.25, 0.3) is 5.56 Å². The molecule has 0 spiro atoms. The van der Waals surface area contributed by atoms with Gasteiger partial charge < -0.3 is 5.32 Å². The number of amides is 2. The molecule has 0 radical (unpaired) electrons. The predicted octanol–water partition coefficient (Wildman–Crippen LogP) is 6.94. The van der Waals surface area contributed by atoms with Crippen molar-refractivity contribution < 1.29 is 18.4 Å². The number of nitrogens with zero attached hydrogens (tertiary/aromatic N) is 3. The molecule has 0 saturated heterocycles. The highest BCUT2D eigenvalue weighted by Crippen LogP contribution is 2.38. The third-order valence-corrected chi connectivity index (χ3v) is 9.09. The Bertz CT molecular complexity index is 2190. The van der Waals surface area contributed by atoms with Gasteiger partial charge in [-0.05, 0) is 60.1 Å². The van der Waals surface area contributed by atoms with E-state index in [4.69, 9.17) is 0 Å². The molecule has 0 atom stereocenters. The van der Waals surface area contributed by atoms with E-state index >= 15 is 8.78 Å². The van der Waals surface area contributed by atoms with Crippen molar-refractivity contribution in [2.75, 3.05) is 19.5 Å². The van der Waals surface area contributed by atoms with Crippen molar-refractivity contribution in [3.05, 3.63) is 152 Å². The lowest BCUT2D eigenvalue weighted by atomic mass is 10.1. The van der Waals surface area contributed by atoms with Gasteiger partial charge in [0.05, 0.1) is 24.7 Å². The molecule has 13 heteroatoms. The minimum absolute atomic E-state index is 0. The fourth-order valence-electron chi connectivity index (χ4n) is 5.61. The SMILES string of the molecule is CONC(=O)Nc1ccc(-c2sc3c(c2CN(C)Cc2ccccc2)c(=O)n(-c2ccccc2)c(=O)n3Cc2c(F)cccc2F)cc1.Cl. The summed E-state index contributed by atoms with van der Waals surface area (Å²) in [5.74, 6) is -1.60. The van der Waals surface area contributed by atoms with Crippen molar-refractivity contribution >= 4 is 45.7 Å². The zero-order valence-corrected chi connectivity index (χ0v) is 28.1. The summed E-state index contributed by atoms with van der Waals surface area (Å²) >= 11 is 1.20. The molecule has 49 heavy (non-hydrogen) atoms. The quantitative estimate of drug-likeness (QED) is 0.151. The number of fused-ring (bicyclic) bond motifs is 1. The largest absolute Gasteiger partial charge is 0.343 e. The average molecular weight is 704 g/mol. The van der Waals surface area contributed by atoms with Crippen LogP contribution in [-0.2, 0) is 24.5 Å². The maximum absolute atomic E-state index is 15.0. The Labute approximate surface area is 290 Å². The van der Waals surface area contributed by atoms with E-state index in [9.17, 15) is 14.4 Å². The normalized spacial score (nSPS) is 11.0. The number of anilines is 1. The summed E-state index contributed by atoms with van der Waals surface area (Å²) < 4.78 is 32.3. The third-order valence-electron chi connectivity index (χ3n) is 7.79. The summed E-state index contributed by atoms with van der Waals surface area (Å²) in [6.45, 7) is 0.455. The maximum atomic E-state index is 15.0. The number of hydrogen-bond acceptors (Lipinski definition) is 6. The van der Waals surface area contributed by atoms with Crippen LogP contribution in [0.15, 0.2) is 113 Å². The topological polar surface area (TPSA) is 97.6 Å². The number of hydrogen-bond donors (Lipinski definition) is 2. The zero-order chi connectivity index (χ0) is 33.8. The van der Waals surface area contributed by atoms with Crippen molar-refractivity contribution in [3.8, 4) is 16.1 Å². The molecule has 2 heterocycles. The van der Waals surface area contributed by atoms with Gasteiger partial charge in [0, 0.05) is 29.2 Å². The second kappa shape index (κ2) is 15.4. The van der Waals surface area contributed by atoms with E-state index in [0.29, 0.717) is 39.7 Å². The van der Waals surface area contributed by atoms with Crippen LogP contribution in [0.1, 0.15) is 16.7 Å². The molecule has 6 aromatic rings. The molecule has 0 fully saturated rings. The highest BCUT2D eigenvalue weighted by Gasteiger charge is 2.25. The lowest BCUT2D eigenvalue weighted by Gasteiger charge is -2.18. The Hall–Kier alpha value is -5.14. The van der Waals surface area contributed by atoms with Crippen LogP contribution in [0, 0.1) is 11.6 Å². The highest BCUT2D eigenvalue weighted by atomic mass is 35.5. The predicted molar refractivity (Wildman–Crippen MR) is 191 cm³/mol. The molecule has 0 aliphatic heterocycles. The number of carbonyl (C=O) groups excluding carboxylic acids is 1. The molecule has 0 saturated carbocycles. The second-order valence-electron chi connectivity index (χ2n) is 11.1. The van der Waals surface area contributed by atoms with E-state index in [0.717, 1.165) is 27.8 Å². The van der Waals surface area contributed by atoms with Crippen LogP contribution in [0.5, 0.6) is 0 Å². The first-order valence-corrected chi connectivity index (χ1v) is 15.8. The van der Waals surface area contributed by atoms with Crippen LogP contribution in [0.3, 0.4) is 0 Å². The van der Waals surface area contributed by atoms with Gasteiger partial charge in [0.1, 0.15) is 16.5 Å². The summed E-state index contributed by atoms with van der Waals surface area (Å²) in [4.78, 5) is 48.3. The monoisotopic (exact) mass is 703 g/mol. The molecule has 252 valence electrons. The lowest BCUT2D eigenvalue weighted by Crippen LogP contribution is -2.39. The second-order valence-corrected chi connectivity index (χ2v) is 12.1. The fourth-order valence-corrected chi connectivity index (χ4v) is 6.92. The van der Waals surface area contributed by atoms with Crippen LogP contribution in [0.4, 0.5) is 19.3 Å². The number of para-hydroxylation sites is 1. The van der Waals surface area contributed by atoms with Gasteiger partial charge in [0.15, 0.2) is 0 Å². The summed E-state index contributed by atoms with van der Waals surface area (Å²) in [5.41, 5.74) is 3.92. The Morgan fingerprint density at radius 2 is 1.47 bits per heavy atom. The summed E-state index contributed by atoms with van der Waals surface area (Å²) in [5, 5.41) is 2.94. The molecule has 0 bridgehead atoms. The van der Waals surface area contributed by atoms with E-state index in [1.165, 1.54) is 29.1 Å². The number of nitrogens with one attached hydrogen (secondary N) is 2. The smallest absolute Gasteiger partial charge is 0.306 e. The van der Waals surface area contributed by atoms with Crippen molar-refractivity contribution in [1.82, 2.24) is 19.5 Å². The van der Waals surface area contributed by atoms with E-state index in [-0.39, 0.29) is 23.4 Å². The standard InChI is InChI=1S/C36H31F2N5O4S.ClH/c1-41(20-23-10-5-3-6-11-23)21-28-31-33(44)43(26-12-7-4-8-13-26)36(46)42(22-27-29(37)14-9-15-30(27)38)34(31)48-32(28)24-16-18-25(19-17-24)39-35(45)40-47-2;/h3-19H,20-22H2,1-2H3,(H2,39,40,45);1H. The number of rotatable bonds is 10. The molecule has 0 aliphatic rings.